The van der Waals surface area contributed by atoms with E-state index < -0.39 is 5.91 Å². The molecule has 190 valence electrons. The summed E-state index contributed by atoms with van der Waals surface area (Å²) in [5.41, 5.74) is 1.54. The van der Waals surface area contributed by atoms with Crippen LogP contribution in [-0.4, -0.2) is 41.1 Å². The quantitative estimate of drug-likeness (QED) is 0.345. The Labute approximate surface area is 219 Å². The van der Waals surface area contributed by atoms with Gasteiger partial charge in [0.2, 0.25) is 0 Å². The van der Waals surface area contributed by atoms with E-state index in [0.29, 0.717) is 58.4 Å². The monoisotopic (exact) mass is 508 g/mol. The number of rotatable bonds is 7. The van der Waals surface area contributed by atoms with Gasteiger partial charge in [-0.2, -0.15) is 0 Å². The molecule has 1 atom stereocenters. The number of amides is 2. The van der Waals surface area contributed by atoms with Crippen LogP contribution in [0.4, 0.5) is 11.5 Å². The second-order valence-electron chi connectivity index (χ2n) is 8.40. The summed E-state index contributed by atoms with van der Waals surface area (Å²) in [5.74, 6) is 6.34. The third-order valence-corrected chi connectivity index (χ3v) is 5.72. The molecule has 38 heavy (non-hydrogen) atoms. The summed E-state index contributed by atoms with van der Waals surface area (Å²) >= 11 is 0. The molecular formula is C29H24N4O5. The van der Waals surface area contributed by atoms with Crippen LogP contribution in [-0.2, 0) is 9.53 Å². The maximum absolute atomic E-state index is 12.5. The van der Waals surface area contributed by atoms with Gasteiger partial charge in [0.05, 0.1) is 24.4 Å². The summed E-state index contributed by atoms with van der Waals surface area (Å²) < 4.78 is 17.7. The molecule has 1 aliphatic heterocycles. The Kier molecular flexibility index (Phi) is 7.43. The van der Waals surface area contributed by atoms with Gasteiger partial charge in [-0.15, -0.1) is 0 Å². The fourth-order valence-corrected chi connectivity index (χ4v) is 3.91. The molecular weight excluding hydrogens is 484 g/mol. The van der Waals surface area contributed by atoms with Crippen LogP contribution in [0.1, 0.15) is 23.7 Å². The zero-order valence-corrected chi connectivity index (χ0v) is 20.6. The Morgan fingerprint density at radius 2 is 1.87 bits per heavy atom. The number of anilines is 2. The largest absolute Gasteiger partial charge is 0.486 e. The number of hydrogen-bond acceptors (Lipinski definition) is 7. The first kappa shape index (κ1) is 24.7. The molecule has 5 rings (SSSR count). The van der Waals surface area contributed by atoms with Gasteiger partial charge in [-0.05, 0) is 61.4 Å². The third-order valence-electron chi connectivity index (χ3n) is 5.72. The van der Waals surface area contributed by atoms with E-state index in [-0.39, 0.29) is 12.0 Å². The molecule has 0 bridgehead atoms. The van der Waals surface area contributed by atoms with Crippen molar-refractivity contribution in [3.05, 3.63) is 78.6 Å². The molecule has 0 radical (unpaired) electrons. The molecule has 1 fully saturated rings. The zero-order chi connectivity index (χ0) is 26.3. The predicted octanol–water partition coefficient (Wildman–Crippen LogP) is 4.80. The molecule has 3 heterocycles. The summed E-state index contributed by atoms with van der Waals surface area (Å²) in [5, 5.41) is 6.21. The smallest absolute Gasteiger partial charge is 0.300 e. The van der Waals surface area contributed by atoms with Crippen LogP contribution in [0.15, 0.2) is 73.1 Å². The van der Waals surface area contributed by atoms with Crippen LogP contribution in [0.2, 0.25) is 0 Å². The Hall–Kier alpha value is -4.94. The first-order chi connectivity index (χ1) is 18.6. The Morgan fingerprint density at radius 1 is 1.00 bits per heavy atom. The molecule has 9 nitrogen and oxygen atoms in total. The van der Waals surface area contributed by atoms with Crippen LogP contribution < -0.4 is 20.1 Å². The van der Waals surface area contributed by atoms with Crippen molar-refractivity contribution in [1.29, 1.82) is 0 Å². The molecule has 9 heteroatoms. The molecule has 2 N–H and O–H groups in total. The second kappa shape index (κ2) is 11.4. The van der Waals surface area contributed by atoms with Crippen molar-refractivity contribution in [2.75, 3.05) is 23.8 Å². The van der Waals surface area contributed by atoms with Gasteiger partial charge in [-0.25, -0.2) is 4.98 Å². The number of pyridine rings is 2. The Morgan fingerprint density at radius 3 is 2.61 bits per heavy atom. The number of benzene rings is 2. The zero-order valence-electron chi connectivity index (χ0n) is 20.6. The molecule has 0 saturated carbocycles. The number of nitrogens with zero attached hydrogens (tertiary/aromatic N) is 2. The lowest BCUT2D eigenvalue weighted by Crippen LogP contribution is -2.18. The van der Waals surface area contributed by atoms with E-state index in [4.69, 9.17) is 14.2 Å². The van der Waals surface area contributed by atoms with Crippen LogP contribution in [0.5, 0.6) is 17.2 Å². The van der Waals surface area contributed by atoms with E-state index in [1.807, 2.05) is 0 Å². The highest BCUT2D eigenvalue weighted by molar-refractivity contribution is 6.06. The first-order valence-corrected chi connectivity index (χ1v) is 12.0. The molecule has 0 spiro atoms. The van der Waals surface area contributed by atoms with Gasteiger partial charge in [0.1, 0.15) is 29.2 Å². The SMILES string of the molecule is CC#CC(=O)Nc1cc2c(Oc3ccc(C(=O)Nc4ccccn4)cc3)ccnc2cc1O[C@@H]1CCOC1. The number of ether oxygens (including phenoxy) is 3. The van der Waals surface area contributed by atoms with E-state index in [0.717, 1.165) is 6.42 Å². The maximum Gasteiger partial charge on any atom is 0.300 e. The number of nitrogens with one attached hydrogen (secondary N) is 2. The van der Waals surface area contributed by atoms with Crippen LogP contribution in [0.25, 0.3) is 10.9 Å². The van der Waals surface area contributed by atoms with Gasteiger partial charge < -0.3 is 24.8 Å². The fraction of sp³-hybridized carbons (Fsp3) is 0.172. The summed E-state index contributed by atoms with van der Waals surface area (Å²) in [6.45, 7) is 2.70. The van der Waals surface area contributed by atoms with E-state index in [9.17, 15) is 9.59 Å². The summed E-state index contributed by atoms with van der Waals surface area (Å²) in [6.07, 6.45) is 3.88. The lowest BCUT2D eigenvalue weighted by molar-refractivity contribution is -0.111. The van der Waals surface area contributed by atoms with Gasteiger partial charge in [0.25, 0.3) is 11.8 Å². The summed E-state index contributed by atoms with van der Waals surface area (Å²) in [7, 11) is 0. The van der Waals surface area contributed by atoms with Gasteiger partial charge in [0.15, 0.2) is 0 Å². The average Bonchev–Trinajstić information content (AvgIpc) is 3.44. The minimum atomic E-state index is -0.453. The lowest BCUT2D eigenvalue weighted by Gasteiger charge is -2.17. The predicted molar refractivity (Wildman–Crippen MR) is 142 cm³/mol. The van der Waals surface area contributed by atoms with Crippen LogP contribution in [0, 0.1) is 11.8 Å². The van der Waals surface area contributed by atoms with E-state index >= 15 is 0 Å². The third kappa shape index (κ3) is 5.88. The average molecular weight is 509 g/mol. The topological polar surface area (TPSA) is 112 Å². The number of aromatic nitrogens is 2. The molecule has 2 aromatic heterocycles. The van der Waals surface area contributed by atoms with Gasteiger partial charge in [0, 0.05) is 35.8 Å². The molecule has 4 aromatic rings. The Bertz CT molecular complexity index is 1520. The van der Waals surface area contributed by atoms with Crippen molar-refractivity contribution in [1.82, 2.24) is 9.97 Å². The van der Waals surface area contributed by atoms with Gasteiger partial charge in [-0.3, -0.25) is 14.6 Å². The second-order valence-corrected chi connectivity index (χ2v) is 8.40. The first-order valence-electron chi connectivity index (χ1n) is 12.0. The van der Waals surface area contributed by atoms with Crippen LogP contribution in [0.3, 0.4) is 0 Å². The van der Waals surface area contributed by atoms with Crippen molar-refractivity contribution in [3.63, 3.8) is 0 Å². The summed E-state index contributed by atoms with van der Waals surface area (Å²) in [4.78, 5) is 33.4. The van der Waals surface area contributed by atoms with Crippen molar-refractivity contribution in [2.24, 2.45) is 0 Å². The molecule has 0 unspecified atom stereocenters. The molecule has 1 aliphatic rings. The molecule has 2 aromatic carbocycles. The lowest BCUT2D eigenvalue weighted by atomic mass is 10.1. The van der Waals surface area contributed by atoms with Crippen molar-refractivity contribution >= 4 is 34.2 Å². The van der Waals surface area contributed by atoms with E-state index in [1.165, 1.54) is 0 Å². The standard InChI is InChI=1S/C29H24N4O5/c1-2-5-28(34)32-24-16-22-23(17-26(24)38-21-12-15-36-18-21)30-14-11-25(22)37-20-9-7-19(8-10-20)29(35)33-27-6-3-4-13-31-27/h3-4,6-11,13-14,16-17,21H,12,15,18H2,1H3,(H,32,34)(H,31,33,35)/t21-/m1/s1. The maximum atomic E-state index is 12.5. The highest BCUT2D eigenvalue weighted by Crippen LogP contribution is 2.37. The fourth-order valence-electron chi connectivity index (χ4n) is 3.91. The van der Waals surface area contributed by atoms with E-state index in [2.05, 4.69) is 32.4 Å². The minimum Gasteiger partial charge on any atom is -0.486 e. The van der Waals surface area contributed by atoms with Crippen LogP contribution >= 0.6 is 0 Å². The Balaban J connectivity index is 1.40. The number of carbonyl (C=O) groups is 2. The number of hydrogen-bond donors (Lipinski definition) is 2. The van der Waals surface area contributed by atoms with Crippen molar-refractivity contribution < 1.29 is 23.8 Å². The van der Waals surface area contributed by atoms with Crippen molar-refractivity contribution in [2.45, 2.75) is 19.4 Å². The highest BCUT2D eigenvalue weighted by Gasteiger charge is 2.21. The number of fused-ring (bicyclic) bond motifs is 1. The molecule has 0 aliphatic carbocycles. The minimum absolute atomic E-state index is 0.117. The van der Waals surface area contributed by atoms with Gasteiger partial charge in [-0.1, -0.05) is 12.0 Å². The van der Waals surface area contributed by atoms with Gasteiger partial charge >= 0.3 is 0 Å². The highest BCUT2D eigenvalue weighted by atomic mass is 16.5. The van der Waals surface area contributed by atoms with E-state index in [1.54, 1.807) is 80.0 Å². The van der Waals surface area contributed by atoms with Crippen molar-refractivity contribution in [3.8, 4) is 29.1 Å². The molecule has 1 saturated heterocycles. The normalized spacial score (nSPS) is 14.3. The molecule has 2 amide bonds. The number of carbonyl (C=O) groups excluding carboxylic acids is 2. The summed E-state index contributed by atoms with van der Waals surface area (Å²) in [6, 6.07) is 17.3.